The summed E-state index contributed by atoms with van der Waals surface area (Å²) in [6, 6.07) is 4.93. The molecule has 0 radical (unpaired) electrons. The molecule has 0 amide bonds. The lowest BCUT2D eigenvalue weighted by molar-refractivity contribution is -0.0671. The Hall–Kier alpha value is -0.380. The minimum atomic E-state index is 0.292. The lowest BCUT2D eigenvalue weighted by Crippen LogP contribution is -2.50. The molecule has 6 rings (SSSR count). The van der Waals surface area contributed by atoms with Crippen molar-refractivity contribution < 1.29 is 0 Å². The second-order valence-electron chi connectivity index (χ2n) is 7.56. The maximum Gasteiger partial charge on any atom is 0.0454 e. The van der Waals surface area contributed by atoms with Crippen LogP contribution in [0.25, 0.3) is 9.40 Å². The average Bonchev–Trinajstić information content (AvgIpc) is 2.96. The topological polar surface area (TPSA) is 26.0 Å². The molecule has 1 unspecified atom stereocenters. The van der Waals surface area contributed by atoms with E-state index in [4.69, 9.17) is 5.73 Å². The molecule has 4 saturated carbocycles. The predicted octanol–water partition coefficient (Wildman–Crippen LogP) is 5.18. The minimum absolute atomic E-state index is 0.292. The lowest BCUT2D eigenvalue weighted by Gasteiger charge is -2.58. The molecule has 4 aliphatic carbocycles. The fraction of sp³-hybridized carbons (Fsp3) is 0.647. The van der Waals surface area contributed by atoms with Crippen LogP contribution in [-0.4, -0.2) is 0 Å². The van der Waals surface area contributed by atoms with Crippen LogP contribution >= 0.6 is 22.7 Å². The van der Waals surface area contributed by atoms with Gasteiger partial charge in [-0.25, -0.2) is 0 Å². The van der Waals surface area contributed by atoms with Crippen molar-refractivity contribution >= 4 is 32.1 Å². The van der Waals surface area contributed by atoms with Crippen molar-refractivity contribution in [1.82, 2.24) is 0 Å². The molecule has 1 nitrogen and oxygen atoms in total. The van der Waals surface area contributed by atoms with E-state index in [2.05, 4.69) is 17.5 Å². The van der Waals surface area contributed by atoms with Crippen molar-refractivity contribution in [3.05, 3.63) is 22.4 Å². The van der Waals surface area contributed by atoms with Crippen LogP contribution in [0.15, 0.2) is 17.5 Å². The predicted molar refractivity (Wildman–Crippen MR) is 87.2 cm³/mol. The molecule has 2 N–H and O–H groups in total. The number of fused-ring (bicyclic) bond motifs is 1. The zero-order chi connectivity index (χ0) is 13.3. The van der Waals surface area contributed by atoms with Crippen molar-refractivity contribution in [2.24, 2.45) is 28.9 Å². The first-order valence-corrected chi connectivity index (χ1v) is 9.64. The third kappa shape index (κ3) is 1.63. The Labute approximate surface area is 128 Å². The van der Waals surface area contributed by atoms with Gasteiger partial charge < -0.3 is 5.73 Å². The van der Waals surface area contributed by atoms with E-state index >= 15 is 0 Å². The summed E-state index contributed by atoms with van der Waals surface area (Å²) >= 11 is 3.80. The minimum Gasteiger partial charge on any atom is -0.323 e. The van der Waals surface area contributed by atoms with Crippen molar-refractivity contribution in [2.75, 3.05) is 0 Å². The summed E-state index contributed by atoms with van der Waals surface area (Å²) < 4.78 is 2.87. The van der Waals surface area contributed by atoms with Gasteiger partial charge in [0.05, 0.1) is 0 Å². The quantitative estimate of drug-likeness (QED) is 0.813. The molecule has 0 aliphatic heterocycles. The van der Waals surface area contributed by atoms with E-state index in [1.54, 1.807) is 0 Å². The standard InChI is InChI=1S/C17H21NS2/c18-16(15-6-14-13(20-15)1-2-19-14)17-7-10-3-11(8-17)5-12(4-10)9-17/h1-2,6,10-12,16H,3-5,7-9,18H2. The second kappa shape index (κ2) is 4.08. The molecule has 2 aromatic heterocycles. The normalized spacial score (nSPS) is 40.5. The van der Waals surface area contributed by atoms with Crippen LogP contribution in [0, 0.1) is 23.2 Å². The number of thiophene rings is 2. The fourth-order valence-electron chi connectivity index (χ4n) is 5.80. The van der Waals surface area contributed by atoms with Crippen LogP contribution in [0.2, 0.25) is 0 Å². The summed E-state index contributed by atoms with van der Waals surface area (Å²) in [5, 5.41) is 2.20. The zero-order valence-electron chi connectivity index (χ0n) is 11.7. The highest BCUT2D eigenvalue weighted by Crippen LogP contribution is 2.64. The smallest absolute Gasteiger partial charge is 0.0454 e. The fourth-order valence-corrected chi connectivity index (χ4v) is 8.06. The first-order chi connectivity index (χ1) is 9.72. The number of rotatable bonds is 2. The van der Waals surface area contributed by atoms with E-state index in [9.17, 15) is 0 Å². The van der Waals surface area contributed by atoms with E-state index < -0.39 is 0 Å². The first-order valence-electron chi connectivity index (χ1n) is 7.94. The largest absolute Gasteiger partial charge is 0.323 e. The van der Waals surface area contributed by atoms with Gasteiger partial charge in [-0.2, -0.15) is 0 Å². The van der Waals surface area contributed by atoms with Crippen LogP contribution in [0.3, 0.4) is 0 Å². The molecule has 2 aromatic rings. The highest BCUT2D eigenvalue weighted by molar-refractivity contribution is 7.26. The molecule has 4 fully saturated rings. The monoisotopic (exact) mass is 303 g/mol. The van der Waals surface area contributed by atoms with Gasteiger partial charge in [-0.05, 0) is 79.2 Å². The van der Waals surface area contributed by atoms with E-state index in [1.165, 1.54) is 52.8 Å². The molecule has 20 heavy (non-hydrogen) atoms. The van der Waals surface area contributed by atoms with Crippen LogP contribution in [0.4, 0.5) is 0 Å². The highest BCUT2D eigenvalue weighted by atomic mass is 32.1. The van der Waals surface area contributed by atoms with Crippen molar-refractivity contribution in [3.63, 3.8) is 0 Å². The summed E-state index contributed by atoms with van der Waals surface area (Å²) in [7, 11) is 0. The van der Waals surface area contributed by atoms with Gasteiger partial charge in [0.25, 0.3) is 0 Å². The molecule has 4 aliphatic rings. The zero-order valence-corrected chi connectivity index (χ0v) is 13.3. The first kappa shape index (κ1) is 12.2. The number of hydrogen-bond acceptors (Lipinski definition) is 3. The summed E-state index contributed by atoms with van der Waals surface area (Å²) in [4.78, 5) is 1.45. The molecule has 106 valence electrons. The molecule has 1 atom stereocenters. The Morgan fingerprint density at radius 1 is 1.05 bits per heavy atom. The van der Waals surface area contributed by atoms with E-state index in [0.717, 1.165) is 17.8 Å². The highest BCUT2D eigenvalue weighted by Gasteiger charge is 2.53. The molecule has 0 aromatic carbocycles. The van der Waals surface area contributed by atoms with Crippen LogP contribution in [-0.2, 0) is 0 Å². The van der Waals surface area contributed by atoms with Crippen molar-refractivity contribution in [2.45, 2.75) is 44.6 Å². The molecule has 0 saturated heterocycles. The van der Waals surface area contributed by atoms with Gasteiger partial charge in [0.15, 0.2) is 0 Å². The van der Waals surface area contributed by atoms with E-state index in [-0.39, 0.29) is 0 Å². The average molecular weight is 303 g/mol. The van der Waals surface area contributed by atoms with Gasteiger partial charge in [0.1, 0.15) is 0 Å². The Bertz CT molecular complexity index is 589. The van der Waals surface area contributed by atoms with Crippen LogP contribution < -0.4 is 5.73 Å². The molecule has 3 heteroatoms. The molecular weight excluding hydrogens is 282 g/mol. The van der Waals surface area contributed by atoms with Gasteiger partial charge in [-0.15, -0.1) is 22.7 Å². The third-order valence-electron chi connectivity index (χ3n) is 6.21. The third-order valence-corrected chi connectivity index (χ3v) is 8.39. The summed E-state index contributed by atoms with van der Waals surface area (Å²) in [5.41, 5.74) is 7.28. The Morgan fingerprint density at radius 2 is 1.70 bits per heavy atom. The van der Waals surface area contributed by atoms with E-state index in [1.807, 2.05) is 22.7 Å². The summed E-state index contributed by atoms with van der Waals surface area (Å²) in [5.74, 6) is 2.98. The van der Waals surface area contributed by atoms with Gasteiger partial charge in [0.2, 0.25) is 0 Å². The summed E-state index contributed by atoms with van der Waals surface area (Å²) in [6.07, 6.45) is 8.74. The van der Waals surface area contributed by atoms with Crippen LogP contribution in [0.1, 0.15) is 49.4 Å². The van der Waals surface area contributed by atoms with Crippen molar-refractivity contribution in [3.8, 4) is 0 Å². The molecule has 4 bridgehead atoms. The lowest BCUT2D eigenvalue weighted by atomic mass is 9.47. The second-order valence-corrected chi connectivity index (χ2v) is 9.62. The molecule has 2 heterocycles. The molecular formula is C17H21NS2. The summed E-state index contributed by atoms with van der Waals surface area (Å²) in [6.45, 7) is 0. The molecule has 0 spiro atoms. The van der Waals surface area contributed by atoms with Gasteiger partial charge in [-0.3, -0.25) is 0 Å². The van der Waals surface area contributed by atoms with Crippen LogP contribution in [0.5, 0.6) is 0 Å². The van der Waals surface area contributed by atoms with Gasteiger partial charge in [-0.1, -0.05) is 0 Å². The Balaban J connectivity index is 1.53. The Morgan fingerprint density at radius 3 is 2.30 bits per heavy atom. The van der Waals surface area contributed by atoms with Crippen molar-refractivity contribution in [1.29, 1.82) is 0 Å². The van der Waals surface area contributed by atoms with E-state index in [0.29, 0.717) is 11.5 Å². The number of hydrogen-bond donors (Lipinski definition) is 1. The Kier molecular flexibility index (Phi) is 2.49. The van der Waals surface area contributed by atoms with Gasteiger partial charge >= 0.3 is 0 Å². The maximum absolute atomic E-state index is 6.83. The van der Waals surface area contributed by atoms with Gasteiger partial charge in [0, 0.05) is 20.3 Å². The number of nitrogens with two attached hydrogens (primary N) is 1. The SMILES string of the molecule is NC(c1cc2sccc2s1)C12CC3CC(CC(C3)C1)C2. The maximum atomic E-state index is 6.83.